The second kappa shape index (κ2) is 6.58. The molecule has 1 aliphatic rings. The van der Waals surface area contributed by atoms with E-state index in [1.54, 1.807) is 0 Å². The van der Waals surface area contributed by atoms with Gasteiger partial charge in [0.2, 0.25) is 0 Å². The second-order valence-electron chi connectivity index (χ2n) is 2.47. The maximum Gasteiger partial charge on any atom is 0.0587 e. The lowest BCUT2D eigenvalue weighted by Crippen LogP contribution is -2.36. The highest BCUT2D eigenvalue weighted by Crippen LogP contribution is 2.14. The van der Waals surface area contributed by atoms with Crippen LogP contribution in [-0.4, -0.2) is 35.9 Å². The highest BCUT2D eigenvalue weighted by Gasteiger charge is 2.21. The van der Waals surface area contributed by atoms with Gasteiger partial charge in [0, 0.05) is 12.7 Å². The van der Waals surface area contributed by atoms with Crippen molar-refractivity contribution in [2.24, 2.45) is 5.73 Å². The summed E-state index contributed by atoms with van der Waals surface area (Å²) in [6.07, 6.45) is 2.29. The molecule has 1 atom stereocenters. The van der Waals surface area contributed by atoms with Crippen LogP contribution in [0.3, 0.4) is 0 Å². The summed E-state index contributed by atoms with van der Waals surface area (Å²) >= 11 is 0. The van der Waals surface area contributed by atoms with Gasteiger partial charge in [-0.05, 0) is 19.4 Å². The van der Waals surface area contributed by atoms with Crippen LogP contribution < -0.4 is 5.73 Å². The molecule has 1 saturated heterocycles. The molecule has 0 aliphatic carbocycles. The molecule has 3 nitrogen and oxygen atoms in total. The van der Waals surface area contributed by atoms with Crippen molar-refractivity contribution in [1.82, 2.24) is 4.90 Å². The average Bonchev–Trinajstić information content (AvgIpc) is 2.54. The largest absolute Gasteiger partial charge is 0.395 e. The monoisotopic (exact) mass is 160 g/mol. The SMILES string of the molecule is CC.NCN1CCCC1CO. The molecule has 0 amide bonds. The summed E-state index contributed by atoms with van der Waals surface area (Å²) in [6, 6.07) is 0.343. The highest BCUT2D eigenvalue weighted by atomic mass is 16.3. The van der Waals surface area contributed by atoms with Crippen LogP contribution in [0.4, 0.5) is 0 Å². The third kappa shape index (κ3) is 3.18. The van der Waals surface area contributed by atoms with E-state index >= 15 is 0 Å². The van der Waals surface area contributed by atoms with E-state index in [1.807, 2.05) is 13.8 Å². The summed E-state index contributed by atoms with van der Waals surface area (Å²) in [6.45, 7) is 5.91. The minimum atomic E-state index is 0.261. The first-order valence-corrected chi connectivity index (χ1v) is 4.43. The molecular formula is C8H20N2O. The van der Waals surface area contributed by atoms with Crippen molar-refractivity contribution < 1.29 is 5.11 Å². The Hall–Kier alpha value is -0.120. The molecule has 11 heavy (non-hydrogen) atoms. The van der Waals surface area contributed by atoms with E-state index in [0.717, 1.165) is 13.0 Å². The first-order valence-electron chi connectivity index (χ1n) is 4.43. The van der Waals surface area contributed by atoms with Crippen LogP contribution in [0.2, 0.25) is 0 Å². The Labute approximate surface area is 69.2 Å². The fraction of sp³-hybridized carbons (Fsp3) is 1.00. The van der Waals surface area contributed by atoms with Gasteiger partial charge in [0.15, 0.2) is 0 Å². The van der Waals surface area contributed by atoms with Gasteiger partial charge in [0.25, 0.3) is 0 Å². The number of aliphatic hydroxyl groups excluding tert-OH is 1. The van der Waals surface area contributed by atoms with Gasteiger partial charge in [-0.3, -0.25) is 4.90 Å². The molecule has 0 aromatic heterocycles. The maximum absolute atomic E-state index is 8.77. The molecule has 1 rings (SSSR count). The molecule has 1 fully saturated rings. The maximum atomic E-state index is 8.77. The van der Waals surface area contributed by atoms with Crippen LogP contribution in [0.1, 0.15) is 26.7 Å². The van der Waals surface area contributed by atoms with Crippen LogP contribution in [0, 0.1) is 0 Å². The quantitative estimate of drug-likeness (QED) is 0.614. The Kier molecular flexibility index (Phi) is 6.51. The number of nitrogens with zero attached hydrogens (tertiary/aromatic N) is 1. The van der Waals surface area contributed by atoms with E-state index in [0.29, 0.717) is 12.7 Å². The van der Waals surface area contributed by atoms with Gasteiger partial charge in [0.05, 0.1) is 6.61 Å². The van der Waals surface area contributed by atoms with Crippen LogP contribution in [0.5, 0.6) is 0 Å². The number of likely N-dealkylation sites (tertiary alicyclic amines) is 1. The van der Waals surface area contributed by atoms with E-state index in [9.17, 15) is 0 Å². The summed E-state index contributed by atoms with van der Waals surface area (Å²) in [4.78, 5) is 2.11. The molecule has 0 aromatic carbocycles. The third-order valence-corrected chi connectivity index (χ3v) is 1.94. The predicted molar refractivity (Wildman–Crippen MR) is 47.2 cm³/mol. The fourth-order valence-corrected chi connectivity index (χ4v) is 1.34. The zero-order valence-corrected chi connectivity index (χ0v) is 7.58. The van der Waals surface area contributed by atoms with Crippen molar-refractivity contribution >= 4 is 0 Å². The molecule has 3 N–H and O–H groups in total. The van der Waals surface area contributed by atoms with E-state index in [1.165, 1.54) is 6.42 Å². The molecule has 0 spiro atoms. The Morgan fingerprint density at radius 2 is 2.18 bits per heavy atom. The van der Waals surface area contributed by atoms with Gasteiger partial charge in [-0.15, -0.1) is 0 Å². The van der Waals surface area contributed by atoms with Gasteiger partial charge in [-0.2, -0.15) is 0 Å². The Morgan fingerprint density at radius 3 is 2.55 bits per heavy atom. The number of aliphatic hydroxyl groups is 1. The number of hydrogen-bond acceptors (Lipinski definition) is 3. The molecule has 68 valence electrons. The van der Waals surface area contributed by atoms with Crippen LogP contribution in [0.15, 0.2) is 0 Å². The van der Waals surface area contributed by atoms with Gasteiger partial charge in [0.1, 0.15) is 0 Å². The zero-order valence-electron chi connectivity index (χ0n) is 7.58. The summed E-state index contributed by atoms with van der Waals surface area (Å²) in [5.41, 5.74) is 5.41. The minimum absolute atomic E-state index is 0.261. The van der Waals surface area contributed by atoms with Crippen molar-refractivity contribution in [3.63, 3.8) is 0 Å². The van der Waals surface area contributed by atoms with Crippen molar-refractivity contribution in [1.29, 1.82) is 0 Å². The molecule has 0 aromatic rings. The molecule has 0 radical (unpaired) electrons. The number of hydrogen-bond donors (Lipinski definition) is 2. The fourth-order valence-electron chi connectivity index (χ4n) is 1.34. The first-order chi connectivity index (χ1) is 5.38. The van der Waals surface area contributed by atoms with Crippen molar-refractivity contribution in [3.05, 3.63) is 0 Å². The van der Waals surface area contributed by atoms with Crippen LogP contribution >= 0.6 is 0 Å². The van der Waals surface area contributed by atoms with Crippen LogP contribution in [-0.2, 0) is 0 Å². The summed E-state index contributed by atoms with van der Waals surface area (Å²) < 4.78 is 0. The van der Waals surface area contributed by atoms with E-state index in [-0.39, 0.29) is 6.61 Å². The lowest BCUT2D eigenvalue weighted by atomic mass is 10.2. The zero-order chi connectivity index (χ0) is 8.69. The second-order valence-corrected chi connectivity index (χ2v) is 2.47. The van der Waals surface area contributed by atoms with E-state index < -0.39 is 0 Å². The Balaban J connectivity index is 0.000000461. The predicted octanol–water partition coefficient (Wildman–Crippen LogP) is 0.385. The molecule has 0 bridgehead atoms. The van der Waals surface area contributed by atoms with Gasteiger partial charge >= 0.3 is 0 Å². The first kappa shape index (κ1) is 10.9. The molecule has 3 heteroatoms. The highest BCUT2D eigenvalue weighted by molar-refractivity contribution is 4.76. The van der Waals surface area contributed by atoms with E-state index in [4.69, 9.17) is 10.8 Å². The van der Waals surface area contributed by atoms with Crippen LogP contribution in [0.25, 0.3) is 0 Å². The van der Waals surface area contributed by atoms with E-state index in [2.05, 4.69) is 4.90 Å². The minimum Gasteiger partial charge on any atom is -0.395 e. The van der Waals surface area contributed by atoms with Gasteiger partial charge in [-0.1, -0.05) is 13.8 Å². The smallest absolute Gasteiger partial charge is 0.0587 e. The molecule has 1 heterocycles. The summed E-state index contributed by atoms with van der Waals surface area (Å²) in [5.74, 6) is 0. The third-order valence-electron chi connectivity index (χ3n) is 1.94. The number of rotatable bonds is 2. The lowest BCUT2D eigenvalue weighted by Gasteiger charge is -2.19. The molecule has 0 saturated carbocycles. The number of nitrogens with two attached hydrogens (primary N) is 1. The van der Waals surface area contributed by atoms with Crippen molar-refractivity contribution in [2.75, 3.05) is 19.8 Å². The Morgan fingerprint density at radius 1 is 1.55 bits per heavy atom. The molecular weight excluding hydrogens is 140 g/mol. The van der Waals surface area contributed by atoms with Gasteiger partial charge in [-0.25, -0.2) is 0 Å². The Bertz CT molecular complexity index is 78.2. The summed E-state index contributed by atoms with van der Waals surface area (Å²) in [7, 11) is 0. The average molecular weight is 160 g/mol. The standard InChI is InChI=1S/C6H14N2O.C2H6/c7-5-8-3-1-2-6(8)4-9;1-2/h6,9H,1-5,7H2;1-2H3. The topological polar surface area (TPSA) is 49.5 Å². The molecule has 1 aliphatic heterocycles. The molecule has 1 unspecified atom stereocenters. The normalized spacial score (nSPS) is 24.5. The lowest BCUT2D eigenvalue weighted by molar-refractivity contribution is 0.162. The summed E-state index contributed by atoms with van der Waals surface area (Å²) in [5, 5.41) is 8.77. The van der Waals surface area contributed by atoms with Gasteiger partial charge < -0.3 is 10.8 Å². The van der Waals surface area contributed by atoms with Crippen molar-refractivity contribution in [2.45, 2.75) is 32.7 Å². The van der Waals surface area contributed by atoms with Crippen molar-refractivity contribution in [3.8, 4) is 0 Å².